The Hall–Kier alpha value is -3.98. The van der Waals surface area contributed by atoms with E-state index in [0.29, 0.717) is 0 Å². The van der Waals surface area contributed by atoms with E-state index in [2.05, 4.69) is 64.0 Å². The van der Waals surface area contributed by atoms with E-state index in [1.807, 2.05) is 24.8 Å². The minimum Gasteiger partial charge on any atom is -0.299 e. The third-order valence-electron chi connectivity index (χ3n) is 7.24. The van der Waals surface area contributed by atoms with Crippen LogP contribution in [0.1, 0.15) is 22.3 Å². The van der Waals surface area contributed by atoms with Gasteiger partial charge in [0.1, 0.15) is 5.65 Å². The summed E-state index contributed by atoms with van der Waals surface area (Å²) >= 11 is 0. The maximum absolute atomic E-state index is 4.71. The van der Waals surface area contributed by atoms with E-state index in [9.17, 15) is 0 Å². The lowest BCUT2D eigenvalue weighted by atomic mass is 9.96. The third kappa shape index (κ3) is 1.89. The molecule has 0 amide bonds. The van der Waals surface area contributed by atoms with Crippen LogP contribution in [-0.4, -0.2) is 14.4 Å². The van der Waals surface area contributed by atoms with Crippen LogP contribution in [0.15, 0.2) is 79.4 Å². The molecule has 0 saturated heterocycles. The van der Waals surface area contributed by atoms with E-state index in [1.54, 1.807) is 0 Å². The fourth-order valence-electron chi connectivity index (χ4n) is 5.87. The van der Waals surface area contributed by atoms with Gasteiger partial charge in [-0.1, -0.05) is 36.4 Å². The average Bonchev–Trinajstić information content (AvgIpc) is 3.53. The number of pyridine rings is 2. The van der Waals surface area contributed by atoms with Crippen LogP contribution in [-0.2, 0) is 12.8 Å². The number of rotatable bonds is 0. The maximum Gasteiger partial charge on any atom is 0.145 e. The molecular formula is C28H17N3. The highest BCUT2D eigenvalue weighted by atomic mass is 15.0. The second-order valence-electron chi connectivity index (χ2n) is 8.70. The van der Waals surface area contributed by atoms with Crippen LogP contribution in [0.4, 0.5) is 0 Å². The standard InChI is InChI=1S/C28H17N3/c1-2-4-18-16(3-1)11-22-19(18)5-6-20-21-14-25-24(13-17(21)12-23(20)22)26-15-29-8-7-27(26)31-10-9-30-28(25)31/h1-10,13-15H,11-12H2. The lowest BCUT2D eigenvalue weighted by molar-refractivity contribution is 1.16. The molecule has 3 nitrogen and oxygen atoms in total. The van der Waals surface area contributed by atoms with Gasteiger partial charge in [0.15, 0.2) is 0 Å². The number of hydrogen-bond acceptors (Lipinski definition) is 2. The Kier molecular flexibility index (Phi) is 2.74. The van der Waals surface area contributed by atoms with Gasteiger partial charge in [0.2, 0.25) is 0 Å². The van der Waals surface area contributed by atoms with Crippen molar-refractivity contribution in [2.75, 3.05) is 0 Å². The minimum atomic E-state index is 0.999. The number of imidazole rings is 1. The molecule has 2 aliphatic carbocycles. The molecule has 0 atom stereocenters. The first kappa shape index (κ1) is 15.8. The Labute approximate surface area is 178 Å². The molecule has 0 spiro atoms. The first-order chi connectivity index (χ1) is 15.4. The molecule has 6 aromatic rings. The average molecular weight is 395 g/mol. The zero-order valence-corrected chi connectivity index (χ0v) is 16.8. The Morgan fingerprint density at radius 3 is 2.45 bits per heavy atom. The molecule has 0 saturated carbocycles. The Balaban J connectivity index is 1.44. The zero-order valence-electron chi connectivity index (χ0n) is 16.8. The molecule has 0 fully saturated rings. The van der Waals surface area contributed by atoms with Gasteiger partial charge in [-0.15, -0.1) is 0 Å². The van der Waals surface area contributed by atoms with Gasteiger partial charge in [-0.05, 0) is 80.9 Å². The van der Waals surface area contributed by atoms with Gasteiger partial charge in [0.25, 0.3) is 0 Å². The lowest BCUT2D eigenvalue weighted by Crippen LogP contribution is -1.92. The summed E-state index contributed by atoms with van der Waals surface area (Å²) in [6, 6.07) is 20.3. The van der Waals surface area contributed by atoms with E-state index in [4.69, 9.17) is 4.98 Å². The first-order valence-electron chi connectivity index (χ1n) is 10.8. The van der Waals surface area contributed by atoms with Crippen molar-refractivity contribution in [2.45, 2.75) is 12.8 Å². The largest absolute Gasteiger partial charge is 0.299 e. The minimum absolute atomic E-state index is 0.999. The van der Waals surface area contributed by atoms with Crippen molar-refractivity contribution in [1.82, 2.24) is 14.4 Å². The van der Waals surface area contributed by atoms with Gasteiger partial charge in [0.05, 0.1) is 5.52 Å². The van der Waals surface area contributed by atoms with Gasteiger partial charge < -0.3 is 0 Å². The summed E-state index contributed by atoms with van der Waals surface area (Å²) in [6.45, 7) is 0. The molecule has 3 heterocycles. The quantitative estimate of drug-likeness (QED) is 0.287. The number of fused-ring (bicyclic) bond motifs is 13. The van der Waals surface area contributed by atoms with Gasteiger partial charge in [-0.3, -0.25) is 9.38 Å². The highest BCUT2D eigenvalue weighted by molar-refractivity contribution is 6.13. The van der Waals surface area contributed by atoms with Crippen molar-refractivity contribution in [3.8, 4) is 22.3 Å². The highest BCUT2D eigenvalue weighted by Gasteiger charge is 2.28. The molecule has 0 unspecified atom stereocenters. The number of benzene rings is 3. The molecular weight excluding hydrogens is 378 g/mol. The van der Waals surface area contributed by atoms with Crippen molar-refractivity contribution in [1.29, 1.82) is 0 Å². The van der Waals surface area contributed by atoms with Crippen LogP contribution >= 0.6 is 0 Å². The predicted octanol–water partition coefficient (Wildman–Crippen LogP) is 6.18. The van der Waals surface area contributed by atoms with E-state index in [-0.39, 0.29) is 0 Å². The van der Waals surface area contributed by atoms with Crippen LogP contribution in [0.2, 0.25) is 0 Å². The molecule has 0 radical (unpaired) electrons. The predicted molar refractivity (Wildman–Crippen MR) is 124 cm³/mol. The summed E-state index contributed by atoms with van der Waals surface area (Å²) in [4.78, 5) is 9.13. The van der Waals surface area contributed by atoms with Gasteiger partial charge in [0, 0.05) is 35.6 Å². The Bertz CT molecular complexity index is 1740. The molecule has 0 N–H and O–H groups in total. The highest BCUT2D eigenvalue weighted by Crippen LogP contribution is 2.47. The van der Waals surface area contributed by atoms with Crippen LogP contribution < -0.4 is 0 Å². The molecule has 8 rings (SSSR count). The van der Waals surface area contributed by atoms with Gasteiger partial charge in [-0.2, -0.15) is 0 Å². The van der Waals surface area contributed by atoms with Gasteiger partial charge in [-0.25, -0.2) is 4.98 Å². The number of hydrogen-bond donors (Lipinski definition) is 0. The van der Waals surface area contributed by atoms with Gasteiger partial charge >= 0.3 is 0 Å². The van der Waals surface area contributed by atoms with Crippen molar-refractivity contribution < 1.29 is 0 Å². The summed E-state index contributed by atoms with van der Waals surface area (Å²) in [6.07, 6.45) is 9.82. The smallest absolute Gasteiger partial charge is 0.145 e. The Morgan fingerprint density at radius 2 is 1.52 bits per heavy atom. The van der Waals surface area contributed by atoms with Crippen molar-refractivity contribution in [3.05, 3.63) is 102 Å². The van der Waals surface area contributed by atoms with E-state index < -0.39 is 0 Å². The van der Waals surface area contributed by atoms with E-state index >= 15 is 0 Å². The molecule has 31 heavy (non-hydrogen) atoms. The summed E-state index contributed by atoms with van der Waals surface area (Å²) in [5, 5.41) is 3.62. The number of nitrogens with zero attached hydrogens (tertiary/aromatic N) is 3. The SMILES string of the molecule is c1ccc2c(c1)Cc1c-2ccc2c1Cc1cc3c4cnccc4n4ccnc4c3cc1-2. The fourth-order valence-corrected chi connectivity index (χ4v) is 5.87. The first-order valence-corrected chi connectivity index (χ1v) is 10.8. The Morgan fingerprint density at radius 1 is 0.677 bits per heavy atom. The summed E-state index contributed by atoms with van der Waals surface area (Å²) in [7, 11) is 0. The topological polar surface area (TPSA) is 30.2 Å². The summed E-state index contributed by atoms with van der Waals surface area (Å²) in [5.41, 5.74) is 13.6. The second-order valence-corrected chi connectivity index (χ2v) is 8.70. The fraction of sp³-hybridized carbons (Fsp3) is 0.0714. The molecule has 3 heteroatoms. The molecule has 0 aliphatic heterocycles. The monoisotopic (exact) mass is 395 g/mol. The molecule has 0 bridgehead atoms. The van der Waals surface area contributed by atoms with E-state index in [0.717, 1.165) is 24.0 Å². The maximum atomic E-state index is 4.71. The van der Waals surface area contributed by atoms with Crippen LogP contribution in [0.25, 0.3) is 49.6 Å². The molecule has 2 aliphatic rings. The third-order valence-corrected chi connectivity index (χ3v) is 7.24. The van der Waals surface area contributed by atoms with Crippen LogP contribution in [0, 0.1) is 0 Å². The normalized spacial score (nSPS) is 13.5. The zero-order chi connectivity index (χ0) is 20.1. The van der Waals surface area contributed by atoms with Crippen molar-refractivity contribution in [3.63, 3.8) is 0 Å². The second kappa shape index (κ2) is 5.38. The molecule has 144 valence electrons. The van der Waals surface area contributed by atoms with Crippen LogP contribution in [0.3, 0.4) is 0 Å². The molecule has 3 aromatic carbocycles. The molecule has 3 aromatic heterocycles. The summed E-state index contributed by atoms with van der Waals surface area (Å²) in [5.74, 6) is 0. The van der Waals surface area contributed by atoms with Crippen molar-refractivity contribution >= 4 is 27.3 Å². The number of aromatic nitrogens is 3. The van der Waals surface area contributed by atoms with Crippen LogP contribution in [0.5, 0.6) is 0 Å². The summed E-state index contributed by atoms with van der Waals surface area (Å²) < 4.78 is 2.18. The van der Waals surface area contributed by atoms with Crippen molar-refractivity contribution in [2.24, 2.45) is 0 Å². The lowest BCUT2D eigenvalue weighted by Gasteiger charge is -2.10. The van der Waals surface area contributed by atoms with E-state index in [1.165, 1.54) is 60.7 Å².